The number of hydrogen-bond donors (Lipinski definition) is 1. The molecule has 3 heterocycles. The first-order chi connectivity index (χ1) is 20.6. The Morgan fingerprint density at radius 3 is 2.60 bits per heavy atom. The Labute approximate surface area is 247 Å². The van der Waals surface area contributed by atoms with E-state index in [1.54, 1.807) is 50.4 Å². The van der Waals surface area contributed by atoms with Gasteiger partial charge in [0.25, 0.3) is 5.91 Å². The summed E-state index contributed by atoms with van der Waals surface area (Å²) in [5.74, 6) is -3.94. The average Bonchev–Trinajstić information content (AvgIpc) is 3.38. The number of alkyl halides is 2. The van der Waals surface area contributed by atoms with E-state index in [2.05, 4.69) is 15.3 Å². The molecular weight excluding hydrogens is 558 g/mol. The monoisotopic (exact) mass is 588 g/mol. The van der Waals surface area contributed by atoms with Crippen LogP contribution in [-0.2, 0) is 14.3 Å². The Kier molecular flexibility index (Phi) is 8.34. The van der Waals surface area contributed by atoms with Crippen LogP contribution >= 0.6 is 0 Å². The van der Waals surface area contributed by atoms with E-state index in [0.29, 0.717) is 16.8 Å². The molecule has 3 aromatic rings. The van der Waals surface area contributed by atoms with Gasteiger partial charge in [-0.25, -0.2) is 23.5 Å². The predicted octanol–water partition coefficient (Wildman–Crippen LogP) is 4.76. The standard InChI is InChI=1S/C31H30F2N6O4/c1-19-13-23(17-35-16-19)38(29(41)25-18-43-30(42)39(25)26-14-21(15-34)9-12-36-26)27(24-6-4-3-5-20(24)2)28(40)37-22-7-10-31(32,33)11-8-22/h3-6,9,12-14,16-17,22,25,27H,7-8,10-11,18H2,1-2H3,(H,37,40)/t25-,27?/m0/s1. The van der Waals surface area contributed by atoms with Gasteiger partial charge in [0.15, 0.2) is 6.04 Å². The van der Waals surface area contributed by atoms with Crippen molar-refractivity contribution in [1.29, 1.82) is 5.26 Å². The molecule has 0 bridgehead atoms. The van der Waals surface area contributed by atoms with Gasteiger partial charge in [-0.15, -0.1) is 0 Å². The molecule has 1 aliphatic heterocycles. The molecule has 0 spiro atoms. The number of rotatable bonds is 7. The van der Waals surface area contributed by atoms with E-state index < -0.39 is 42.0 Å². The van der Waals surface area contributed by atoms with Gasteiger partial charge in [0.05, 0.1) is 23.5 Å². The summed E-state index contributed by atoms with van der Waals surface area (Å²) in [5, 5.41) is 12.3. The highest BCUT2D eigenvalue weighted by atomic mass is 19.3. The van der Waals surface area contributed by atoms with E-state index in [9.17, 15) is 28.4 Å². The summed E-state index contributed by atoms with van der Waals surface area (Å²) in [6, 6.07) is 10.6. The summed E-state index contributed by atoms with van der Waals surface area (Å²) in [6.07, 6.45) is 3.07. The molecule has 3 amide bonds. The van der Waals surface area contributed by atoms with Crippen LogP contribution in [0.2, 0.25) is 0 Å². The minimum absolute atomic E-state index is 0.0437. The summed E-state index contributed by atoms with van der Waals surface area (Å²) in [6.45, 7) is 3.27. The lowest BCUT2D eigenvalue weighted by Crippen LogP contribution is -2.54. The number of anilines is 2. The summed E-state index contributed by atoms with van der Waals surface area (Å²) < 4.78 is 33.0. The lowest BCUT2D eigenvalue weighted by Gasteiger charge is -2.36. The van der Waals surface area contributed by atoms with Crippen LogP contribution in [0, 0.1) is 25.2 Å². The van der Waals surface area contributed by atoms with Crippen LogP contribution in [0.5, 0.6) is 0 Å². The summed E-state index contributed by atoms with van der Waals surface area (Å²) in [7, 11) is 0. The Bertz CT molecular complexity index is 1580. The normalized spacial score (nSPS) is 18.8. The maximum Gasteiger partial charge on any atom is 0.416 e. The molecule has 43 heavy (non-hydrogen) atoms. The molecule has 222 valence electrons. The number of hydrogen-bond acceptors (Lipinski definition) is 7. The minimum atomic E-state index is -2.78. The number of carbonyl (C=O) groups is 3. The lowest BCUT2D eigenvalue weighted by molar-refractivity contribution is -0.128. The van der Waals surface area contributed by atoms with E-state index in [-0.39, 0.29) is 43.7 Å². The first kappa shape index (κ1) is 29.6. The van der Waals surface area contributed by atoms with Crippen LogP contribution in [0.25, 0.3) is 0 Å². The number of aromatic nitrogens is 2. The molecule has 2 fully saturated rings. The second-order valence-electron chi connectivity index (χ2n) is 10.8. The molecular formula is C31H30F2N6O4. The van der Waals surface area contributed by atoms with Crippen molar-refractivity contribution in [2.45, 2.75) is 63.6 Å². The topological polar surface area (TPSA) is 129 Å². The highest BCUT2D eigenvalue weighted by molar-refractivity contribution is 6.09. The molecule has 2 aromatic heterocycles. The molecule has 1 saturated heterocycles. The summed E-state index contributed by atoms with van der Waals surface area (Å²) in [5.41, 5.74) is 2.47. The maximum absolute atomic E-state index is 14.6. The summed E-state index contributed by atoms with van der Waals surface area (Å²) in [4.78, 5) is 52.5. The molecule has 10 nitrogen and oxygen atoms in total. The van der Waals surface area contributed by atoms with Gasteiger partial charge in [-0.2, -0.15) is 5.26 Å². The van der Waals surface area contributed by atoms with Gasteiger partial charge in [0.2, 0.25) is 11.8 Å². The third-order valence-electron chi connectivity index (χ3n) is 7.71. The van der Waals surface area contributed by atoms with E-state index in [1.807, 2.05) is 6.07 Å². The van der Waals surface area contributed by atoms with Crippen molar-refractivity contribution in [2.75, 3.05) is 16.4 Å². The van der Waals surface area contributed by atoms with Gasteiger partial charge in [0, 0.05) is 31.3 Å². The van der Waals surface area contributed by atoms with Gasteiger partial charge < -0.3 is 10.1 Å². The molecule has 5 rings (SSSR count). The van der Waals surface area contributed by atoms with E-state index in [0.717, 1.165) is 10.5 Å². The third kappa shape index (κ3) is 6.30. The first-order valence-electron chi connectivity index (χ1n) is 13.9. The third-order valence-corrected chi connectivity index (χ3v) is 7.71. The van der Waals surface area contributed by atoms with Crippen LogP contribution < -0.4 is 15.1 Å². The van der Waals surface area contributed by atoms with E-state index in [1.165, 1.54) is 29.4 Å². The van der Waals surface area contributed by atoms with Crippen molar-refractivity contribution < 1.29 is 27.9 Å². The minimum Gasteiger partial charge on any atom is -0.446 e. The van der Waals surface area contributed by atoms with Crippen LogP contribution in [0.15, 0.2) is 61.1 Å². The highest BCUT2D eigenvalue weighted by Crippen LogP contribution is 2.36. The van der Waals surface area contributed by atoms with Crippen LogP contribution in [0.4, 0.5) is 25.1 Å². The number of aryl methyl sites for hydroxylation is 2. The van der Waals surface area contributed by atoms with Gasteiger partial charge in [-0.3, -0.25) is 19.5 Å². The number of halogens is 2. The Hall–Kier alpha value is -4.92. The zero-order valence-electron chi connectivity index (χ0n) is 23.7. The molecule has 1 aromatic carbocycles. The van der Waals surface area contributed by atoms with Crippen LogP contribution in [-0.4, -0.2) is 52.5 Å². The fraction of sp³-hybridized carbons (Fsp3) is 0.355. The SMILES string of the molecule is Cc1cncc(N(C(=O)[C@@H]2COC(=O)N2c2cc(C#N)ccn2)C(C(=O)NC2CCC(F)(F)CC2)c2ccccc2C)c1. The Balaban J connectivity index is 1.59. The smallest absolute Gasteiger partial charge is 0.416 e. The largest absolute Gasteiger partial charge is 0.446 e. The fourth-order valence-corrected chi connectivity index (χ4v) is 5.47. The molecule has 0 radical (unpaired) electrons. The number of ether oxygens (including phenoxy) is 1. The van der Waals surface area contributed by atoms with Gasteiger partial charge in [-0.1, -0.05) is 24.3 Å². The lowest BCUT2D eigenvalue weighted by atomic mass is 9.91. The zero-order chi connectivity index (χ0) is 30.7. The van der Waals surface area contributed by atoms with Crippen molar-refractivity contribution in [1.82, 2.24) is 15.3 Å². The zero-order valence-corrected chi connectivity index (χ0v) is 23.7. The number of nitriles is 1. The van der Waals surface area contributed by atoms with E-state index in [4.69, 9.17) is 4.74 Å². The van der Waals surface area contributed by atoms with Crippen molar-refractivity contribution in [3.8, 4) is 6.07 Å². The van der Waals surface area contributed by atoms with Crippen molar-refractivity contribution in [3.05, 3.63) is 83.3 Å². The number of nitrogens with one attached hydrogen (secondary N) is 1. The molecule has 1 N–H and O–H groups in total. The fourth-order valence-electron chi connectivity index (χ4n) is 5.47. The second-order valence-corrected chi connectivity index (χ2v) is 10.8. The van der Waals surface area contributed by atoms with Crippen LogP contribution in [0.3, 0.4) is 0 Å². The second kappa shape index (κ2) is 12.1. The maximum atomic E-state index is 14.6. The first-order valence-corrected chi connectivity index (χ1v) is 13.9. The number of benzene rings is 1. The van der Waals surface area contributed by atoms with Gasteiger partial charge in [0.1, 0.15) is 18.5 Å². The molecule has 1 unspecified atom stereocenters. The van der Waals surface area contributed by atoms with Crippen molar-refractivity contribution >= 4 is 29.4 Å². The number of amides is 3. The quantitative estimate of drug-likeness (QED) is 0.422. The average molecular weight is 589 g/mol. The Morgan fingerprint density at radius 1 is 1.16 bits per heavy atom. The molecule has 2 aliphatic rings. The molecule has 2 atom stereocenters. The number of nitrogens with zero attached hydrogens (tertiary/aromatic N) is 5. The predicted molar refractivity (Wildman–Crippen MR) is 152 cm³/mol. The van der Waals surface area contributed by atoms with Gasteiger partial charge >= 0.3 is 6.09 Å². The highest BCUT2D eigenvalue weighted by Gasteiger charge is 2.46. The van der Waals surface area contributed by atoms with Crippen LogP contribution in [0.1, 0.15) is 54.0 Å². The van der Waals surface area contributed by atoms with E-state index >= 15 is 0 Å². The molecule has 1 saturated carbocycles. The Morgan fingerprint density at radius 2 is 1.91 bits per heavy atom. The number of cyclic esters (lactones) is 1. The van der Waals surface area contributed by atoms with Crippen molar-refractivity contribution in [3.63, 3.8) is 0 Å². The molecule has 1 aliphatic carbocycles. The summed E-state index contributed by atoms with van der Waals surface area (Å²) >= 11 is 0. The molecule has 12 heteroatoms. The number of pyridine rings is 2. The number of carbonyl (C=O) groups excluding carboxylic acids is 3. The van der Waals surface area contributed by atoms with Gasteiger partial charge in [-0.05, 0) is 61.6 Å². The van der Waals surface area contributed by atoms with Crippen molar-refractivity contribution in [2.24, 2.45) is 0 Å².